The molecule has 0 bridgehead atoms. The number of anilines is 3. The Morgan fingerprint density at radius 3 is 1.89 bits per heavy atom. The van der Waals surface area contributed by atoms with Crippen LogP contribution < -0.4 is 4.90 Å². The molecular weight excluding hydrogens is 687 g/mol. The molecule has 3 aromatic heterocycles. The lowest BCUT2D eigenvalue weighted by Crippen LogP contribution is -2.10. The van der Waals surface area contributed by atoms with E-state index < -0.39 is 0 Å². The molecular formula is C52H31NO3. The SMILES string of the molecule is c1ccc(N(c2ccc3ccccc3c2)c2cccc3oc4c(-c5ccc6c(c5)oc5c(-c7cccc8oc9ccccc9c78)cccc56)cccc4c23)cc1. The zero-order chi connectivity index (χ0) is 36.7. The summed E-state index contributed by atoms with van der Waals surface area (Å²) in [5.41, 5.74) is 12.5. The largest absolute Gasteiger partial charge is 0.456 e. The lowest BCUT2D eigenvalue weighted by atomic mass is 9.97. The highest BCUT2D eigenvalue weighted by Crippen LogP contribution is 2.46. The number of nitrogens with zero attached hydrogens (tertiary/aromatic N) is 1. The smallest absolute Gasteiger partial charge is 0.143 e. The van der Waals surface area contributed by atoms with Gasteiger partial charge in [0.25, 0.3) is 0 Å². The van der Waals surface area contributed by atoms with Gasteiger partial charge in [-0.3, -0.25) is 0 Å². The predicted molar refractivity (Wildman–Crippen MR) is 231 cm³/mol. The van der Waals surface area contributed by atoms with E-state index in [0.717, 1.165) is 105 Å². The van der Waals surface area contributed by atoms with Crippen LogP contribution in [0.5, 0.6) is 0 Å². The first-order chi connectivity index (χ1) is 27.8. The summed E-state index contributed by atoms with van der Waals surface area (Å²) in [6.07, 6.45) is 0. The maximum absolute atomic E-state index is 6.82. The van der Waals surface area contributed by atoms with Crippen LogP contribution in [0.2, 0.25) is 0 Å². The lowest BCUT2D eigenvalue weighted by Gasteiger charge is -2.26. The highest BCUT2D eigenvalue weighted by Gasteiger charge is 2.22. The van der Waals surface area contributed by atoms with Gasteiger partial charge in [-0.05, 0) is 82.6 Å². The van der Waals surface area contributed by atoms with E-state index in [4.69, 9.17) is 13.3 Å². The Bertz CT molecular complexity index is 3500. The van der Waals surface area contributed by atoms with Crippen molar-refractivity contribution in [3.8, 4) is 22.3 Å². The van der Waals surface area contributed by atoms with E-state index in [9.17, 15) is 0 Å². The van der Waals surface area contributed by atoms with Crippen LogP contribution in [-0.2, 0) is 0 Å². The van der Waals surface area contributed by atoms with Gasteiger partial charge in [0, 0.05) is 49.4 Å². The Morgan fingerprint density at radius 1 is 0.321 bits per heavy atom. The fourth-order valence-electron chi connectivity index (χ4n) is 8.74. The van der Waals surface area contributed by atoms with Gasteiger partial charge in [-0.15, -0.1) is 0 Å². The summed E-state index contributed by atoms with van der Waals surface area (Å²) in [6.45, 7) is 0. The third-order valence-electron chi connectivity index (χ3n) is 11.2. The fourth-order valence-corrected chi connectivity index (χ4v) is 8.74. The minimum atomic E-state index is 0.828. The lowest BCUT2D eigenvalue weighted by molar-refractivity contribution is 0.668. The minimum absolute atomic E-state index is 0.828. The maximum atomic E-state index is 6.82. The Morgan fingerprint density at radius 2 is 0.982 bits per heavy atom. The van der Waals surface area contributed by atoms with Crippen LogP contribution in [0.15, 0.2) is 201 Å². The summed E-state index contributed by atoms with van der Waals surface area (Å²) in [5, 5.41) is 8.87. The van der Waals surface area contributed by atoms with Crippen LogP contribution in [0.4, 0.5) is 17.1 Å². The van der Waals surface area contributed by atoms with Gasteiger partial charge < -0.3 is 18.2 Å². The Labute approximate surface area is 321 Å². The molecule has 0 aliphatic rings. The second-order valence-electron chi connectivity index (χ2n) is 14.4. The van der Waals surface area contributed by atoms with Crippen molar-refractivity contribution in [1.29, 1.82) is 0 Å². The molecule has 3 heterocycles. The van der Waals surface area contributed by atoms with Crippen molar-refractivity contribution in [3.05, 3.63) is 188 Å². The first-order valence-corrected chi connectivity index (χ1v) is 18.9. The molecule has 56 heavy (non-hydrogen) atoms. The Hall–Kier alpha value is -7.56. The standard InChI is InChI=1S/C52H31NO3/c1-2-14-35(15-3-1)53(36-28-26-32-12-4-5-13-33(32)30-36)44-22-11-25-47-50(44)43-21-8-17-37(51(43)55-47)34-27-29-38-40-19-9-20-41(52(40)56-48(38)31-34)39-18-10-24-46-49(39)42-16-6-7-23-45(42)54-46/h1-31H. The molecule has 0 fully saturated rings. The van der Waals surface area contributed by atoms with Crippen molar-refractivity contribution in [2.45, 2.75) is 0 Å². The molecule has 0 spiro atoms. The molecule has 262 valence electrons. The van der Waals surface area contributed by atoms with Gasteiger partial charge in [0.05, 0.1) is 11.1 Å². The van der Waals surface area contributed by atoms with Crippen molar-refractivity contribution >= 4 is 93.7 Å². The molecule has 0 aliphatic carbocycles. The van der Waals surface area contributed by atoms with Gasteiger partial charge in [-0.1, -0.05) is 127 Å². The van der Waals surface area contributed by atoms with Crippen molar-refractivity contribution < 1.29 is 13.3 Å². The molecule has 0 amide bonds. The second kappa shape index (κ2) is 12.0. The average Bonchev–Trinajstić information content (AvgIpc) is 3.95. The van der Waals surface area contributed by atoms with E-state index in [-0.39, 0.29) is 0 Å². The molecule has 4 nitrogen and oxygen atoms in total. The Balaban J connectivity index is 1.03. The van der Waals surface area contributed by atoms with Crippen molar-refractivity contribution in [1.82, 2.24) is 0 Å². The van der Waals surface area contributed by atoms with Crippen LogP contribution in [0.3, 0.4) is 0 Å². The van der Waals surface area contributed by atoms with Crippen LogP contribution >= 0.6 is 0 Å². The second-order valence-corrected chi connectivity index (χ2v) is 14.4. The summed E-state index contributed by atoms with van der Waals surface area (Å²) in [5.74, 6) is 0. The van der Waals surface area contributed by atoms with E-state index in [0.29, 0.717) is 0 Å². The molecule has 9 aromatic carbocycles. The first-order valence-electron chi connectivity index (χ1n) is 18.9. The summed E-state index contributed by atoms with van der Waals surface area (Å²) >= 11 is 0. The normalized spacial score (nSPS) is 11.9. The Kier molecular flexibility index (Phi) is 6.60. The van der Waals surface area contributed by atoms with E-state index >= 15 is 0 Å². The summed E-state index contributed by atoms with van der Waals surface area (Å²) < 4.78 is 19.9. The van der Waals surface area contributed by atoms with Crippen molar-refractivity contribution in [2.75, 3.05) is 4.90 Å². The first kappa shape index (κ1) is 30.9. The number of hydrogen-bond donors (Lipinski definition) is 0. The summed E-state index contributed by atoms with van der Waals surface area (Å²) in [7, 11) is 0. The van der Waals surface area contributed by atoms with E-state index in [2.05, 4.69) is 175 Å². The monoisotopic (exact) mass is 717 g/mol. The number of fused-ring (bicyclic) bond motifs is 10. The number of rotatable bonds is 5. The zero-order valence-corrected chi connectivity index (χ0v) is 30.1. The summed E-state index contributed by atoms with van der Waals surface area (Å²) in [4.78, 5) is 2.33. The van der Waals surface area contributed by atoms with E-state index in [1.807, 2.05) is 18.2 Å². The van der Waals surface area contributed by atoms with Crippen LogP contribution in [0.25, 0.3) is 98.8 Å². The van der Waals surface area contributed by atoms with Gasteiger partial charge in [0.2, 0.25) is 0 Å². The minimum Gasteiger partial charge on any atom is -0.456 e. The molecule has 0 saturated carbocycles. The molecule has 12 rings (SSSR count). The summed E-state index contributed by atoms with van der Waals surface area (Å²) in [6, 6.07) is 65.9. The topological polar surface area (TPSA) is 42.7 Å². The number of para-hydroxylation sites is 4. The highest BCUT2D eigenvalue weighted by molar-refractivity contribution is 6.19. The van der Waals surface area contributed by atoms with Crippen LogP contribution in [-0.4, -0.2) is 0 Å². The quantitative estimate of drug-likeness (QED) is 0.178. The van der Waals surface area contributed by atoms with E-state index in [1.54, 1.807) is 0 Å². The van der Waals surface area contributed by atoms with Crippen LogP contribution in [0.1, 0.15) is 0 Å². The number of furan rings is 3. The van der Waals surface area contributed by atoms with Gasteiger partial charge in [0.15, 0.2) is 0 Å². The van der Waals surface area contributed by atoms with Gasteiger partial charge in [-0.2, -0.15) is 0 Å². The van der Waals surface area contributed by atoms with Crippen molar-refractivity contribution in [2.24, 2.45) is 0 Å². The molecule has 0 radical (unpaired) electrons. The predicted octanol–water partition coefficient (Wildman–Crippen LogP) is 15.3. The molecule has 0 saturated heterocycles. The third-order valence-corrected chi connectivity index (χ3v) is 11.2. The number of benzene rings is 9. The van der Waals surface area contributed by atoms with Crippen molar-refractivity contribution in [3.63, 3.8) is 0 Å². The highest BCUT2D eigenvalue weighted by atomic mass is 16.3. The van der Waals surface area contributed by atoms with Gasteiger partial charge in [0.1, 0.15) is 33.5 Å². The molecule has 0 atom stereocenters. The van der Waals surface area contributed by atoms with Crippen LogP contribution in [0, 0.1) is 0 Å². The average molecular weight is 718 g/mol. The third kappa shape index (κ3) is 4.60. The molecule has 12 aromatic rings. The molecule has 0 unspecified atom stereocenters. The molecule has 0 aliphatic heterocycles. The van der Waals surface area contributed by atoms with Gasteiger partial charge >= 0.3 is 0 Å². The molecule has 4 heteroatoms. The number of hydrogen-bond acceptors (Lipinski definition) is 4. The van der Waals surface area contributed by atoms with E-state index in [1.165, 1.54) is 10.8 Å². The maximum Gasteiger partial charge on any atom is 0.143 e. The fraction of sp³-hybridized carbons (Fsp3) is 0. The van der Waals surface area contributed by atoms with Gasteiger partial charge in [-0.25, -0.2) is 0 Å². The zero-order valence-electron chi connectivity index (χ0n) is 30.1. The molecule has 0 N–H and O–H groups in total.